The SMILES string of the molecule is Cc1cc(-c2ccccc2)ncn1.Cc1cc(-c2ccccc2)ncn1.Cc1cc(-c2ccccc2)ncn1.[Ru+3]. The van der Waals surface area contributed by atoms with Gasteiger partial charge in [-0.3, -0.25) is 0 Å². The van der Waals surface area contributed by atoms with Gasteiger partial charge < -0.3 is 0 Å². The van der Waals surface area contributed by atoms with E-state index in [0.717, 1.165) is 50.9 Å². The Labute approximate surface area is 248 Å². The second-order valence-corrected chi connectivity index (χ2v) is 8.73. The van der Waals surface area contributed by atoms with Crippen molar-refractivity contribution in [2.45, 2.75) is 20.8 Å². The Kier molecular flexibility index (Phi) is 11.9. The molecule has 6 aromatic rings. The van der Waals surface area contributed by atoms with Crippen LogP contribution in [0.3, 0.4) is 0 Å². The Morgan fingerprint density at radius 1 is 0.350 bits per heavy atom. The van der Waals surface area contributed by atoms with E-state index in [9.17, 15) is 0 Å². The summed E-state index contributed by atoms with van der Waals surface area (Å²) in [5, 5.41) is 0. The third kappa shape index (κ3) is 9.37. The summed E-state index contributed by atoms with van der Waals surface area (Å²) < 4.78 is 0. The molecule has 3 aromatic heterocycles. The van der Waals surface area contributed by atoms with Crippen LogP contribution in [-0.2, 0) is 19.5 Å². The molecule has 0 atom stereocenters. The van der Waals surface area contributed by atoms with Crippen LogP contribution in [0.5, 0.6) is 0 Å². The van der Waals surface area contributed by atoms with Crippen molar-refractivity contribution in [3.05, 3.63) is 145 Å². The van der Waals surface area contributed by atoms with E-state index >= 15 is 0 Å². The first-order chi connectivity index (χ1) is 19.1. The van der Waals surface area contributed by atoms with E-state index in [4.69, 9.17) is 0 Å². The van der Waals surface area contributed by atoms with Crippen molar-refractivity contribution in [3.8, 4) is 33.8 Å². The first-order valence-corrected chi connectivity index (χ1v) is 12.6. The normalized spacial score (nSPS) is 9.68. The van der Waals surface area contributed by atoms with E-state index < -0.39 is 0 Å². The van der Waals surface area contributed by atoms with Crippen LogP contribution in [0.25, 0.3) is 33.8 Å². The molecule has 0 saturated carbocycles. The Bertz CT molecular complexity index is 1390. The van der Waals surface area contributed by atoms with E-state index in [-0.39, 0.29) is 19.5 Å². The molecule has 197 valence electrons. The van der Waals surface area contributed by atoms with Gasteiger partial charge in [-0.25, -0.2) is 29.9 Å². The van der Waals surface area contributed by atoms with Gasteiger partial charge in [-0.05, 0) is 39.0 Å². The molecule has 0 aliphatic carbocycles. The van der Waals surface area contributed by atoms with Crippen LogP contribution in [0.15, 0.2) is 128 Å². The molecule has 0 spiro atoms. The summed E-state index contributed by atoms with van der Waals surface area (Å²) in [5.41, 5.74) is 9.32. The van der Waals surface area contributed by atoms with Gasteiger partial charge in [-0.2, -0.15) is 0 Å². The van der Waals surface area contributed by atoms with E-state index in [1.165, 1.54) is 0 Å². The number of hydrogen-bond donors (Lipinski definition) is 0. The van der Waals surface area contributed by atoms with E-state index in [1.54, 1.807) is 19.0 Å². The van der Waals surface area contributed by atoms with Gasteiger partial charge in [-0.1, -0.05) is 91.0 Å². The maximum Gasteiger partial charge on any atom is 3.00 e. The summed E-state index contributed by atoms with van der Waals surface area (Å²) in [6.45, 7) is 5.90. The number of nitrogens with zero attached hydrogens (tertiary/aromatic N) is 6. The van der Waals surface area contributed by atoms with E-state index in [1.807, 2.05) is 130 Å². The summed E-state index contributed by atoms with van der Waals surface area (Å²) in [6.07, 6.45) is 4.78. The van der Waals surface area contributed by atoms with Gasteiger partial charge in [0.15, 0.2) is 0 Å². The van der Waals surface area contributed by atoms with Crippen molar-refractivity contribution in [1.29, 1.82) is 0 Å². The molecular weight excluding hydrogens is 581 g/mol. The molecule has 3 heterocycles. The topological polar surface area (TPSA) is 77.3 Å². The third-order valence-electron chi connectivity index (χ3n) is 5.62. The minimum atomic E-state index is 0. The molecule has 0 aliphatic heterocycles. The molecule has 0 unspecified atom stereocenters. The fourth-order valence-corrected chi connectivity index (χ4v) is 3.66. The fourth-order valence-electron chi connectivity index (χ4n) is 3.66. The molecular formula is C33H30N6Ru+3. The molecule has 6 rings (SSSR count). The van der Waals surface area contributed by atoms with Crippen LogP contribution in [0.1, 0.15) is 17.1 Å². The number of aromatic nitrogens is 6. The number of aryl methyl sites for hydroxylation is 3. The predicted molar refractivity (Wildman–Crippen MR) is 157 cm³/mol. The van der Waals surface area contributed by atoms with Gasteiger partial charge in [0.1, 0.15) is 19.0 Å². The molecule has 0 N–H and O–H groups in total. The standard InChI is InChI=1S/3C11H10N2.Ru/c3*1-9-7-11(13-8-12-9)10-5-3-2-4-6-10;/h3*2-8H,1H3;/q;;;+3. The molecule has 1 radical (unpaired) electrons. The minimum absolute atomic E-state index is 0. The molecule has 6 nitrogen and oxygen atoms in total. The average molecular weight is 612 g/mol. The average Bonchev–Trinajstić information content (AvgIpc) is 2.99. The summed E-state index contributed by atoms with van der Waals surface area (Å²) in [5.74, 6) is 0. The van der Waals surface area contributed by atoms with Gasteiger partial charge in [0.05, 0.1) is 17.1 Å². The van der Waals surface area contributed by atoms with Crippen molar-refractivity contribution >= 4 is 0 Å². The Balaban J connectivity index is 0.000000163. The van der Waals surface area contributed by atoms with Crippen LogP contribution in [0.4, 0.5) is 0 Å². The smallest absolute Gasteiger partial charge is 0.242 e. The second kappa shape index (κ2) is 15.8. The molecule has 40 heavy (non-hydrogen) atoms. The van der Waals surface area contributed by atoms with E-state index in [0.29, 0.717) is 0 Å². The zero-order valence-corrected chi connectivity index (χ0v) is 24.4. The Hall–Kier alpha value is -4.48. The third-order valence-corrected chi connectivity index (χ3v) is 5.62. The Morgan fingerprint density at radius 3 is 0.825 bits per heavy atom. The first kappa shape index (κ1) is 30.1. The van der Waals surface area contributed by atoms with Gasteiger partial charge in [0.2, 0.25) is 0 Å². The predicted octanol–water partition coefficient (Wildman–Crippen LogP) is 7.35. The number of benzene rings is 3. The molecule has 0 saturated heterocycles. The molecule has 0 aliphatic rings. The fraction of sp³-hybridized carbons (Fsp3) is 0.0909. The summed E-state index contributed by atoms with van der Waals surface area (Å²) in [6, 6.07) is 36.2. The van der Waals surface area contributed by atoms with Crippen molar-refractivity contribution in [3.63, 3.8) is 0 Å². The number of hydrogen-bond acceptors (Lipinski definition) is 6. The Morgan fingerprint density at radius 2 is 0.600 bits per heavy atom. The minimum Gasteiger partial charge on any atom is -0.242 e. The molecule has 0 fully saturated rings. The van der Waals surface area contributed by atoms with Crippen LogP contribution in [0, 0.1) is 20.8 Å². The molecule has 0 amide bonds. The van der Waals surface area contributed by atoms with Gasteiger partial charge >= 0.3 is 19.5 Å². The van der Waals surface area contributed by atoms with E-state index in [2.05, 4.69) is 29.9 Å². The van der Waals surface area contributed by atoms with Gasteiger partial charge in [-0.15, -0.1) is 0 Å². The van der Waals surface area contributed by atoms with Gasteiger partial charge in [0.25, 0.3) is 0 Å². The maximum atomic E-state index is 4.20. The number of rotatable bonds is 3. The summed E-state index contributed by atoms with van der Waals surface area (Å²) in [7, 11) is 0. The van der Waals surface area contributed by atoms with Crippen LogP contribution < -0.4 is 0 Å². The van der Waals surface area contributed by atoms with Crippen LogP contribution in [-0.4, -0.2) is 29.9 Å². The molecule has 3 aromatic carbocycles. The molecule has 0 bridgehead atoms. The van der Waals surface area contributed by atoms with Gasteiger partial charge in [0, 0.05) is 33.8 Å². The van der Waals surface area contributed by atoms with Crippen molar-refractivity contribution < 1.29 is 19.5 Å². The summed E-state index contributed by atoms with van der Waals surface area (Å²) >= 11 is 0. The van der Waals surface area contributed by atoms with Crippen molar-refractivity contribution in [1.82, 2.24) is 29.9 Å². The quantitative estimate of drug-likeness (QED) is 0.195. The second-order valence-electron chi connectivity index (χ2n) is 8.73. The first-order valence-electron chi connectivity index (χ1n) is 12.6. The van der Waals surface area contributed by atoms with Crippen LogP contribution >= 0.6 is 0 Å². The monoisotopic (exact) mass is 612 g/mol. The molecule has 7 heteroatoms. The van der Waals surface area contributed by atoms with Crippen LogP contribution in [0.2, 0.25) is 0 Å². The maximum absolute atomic E-state index is 4.20. The zero-order chi connectivity index (χ0) is 27.3. The largest absolute Gasteiger partial charge is 3.00 e. The summed E-state index contributed by atoms with van der Waals surface area (Å²) in [4.78, 5) is 24.8. The van der Waals surface area contributed by atoms with Crippen molar-refractivity contribution in [2.24, 2.45) is 0 Å². The zero-order valence-electron chi connectivity index (χ0n) is 22.7. The van der Waals surface area contributed by atoms with Crippen molar-refractivity contribution in [2.75, 3.05) is 0 Å².